The first-order chi connectivity index (χ1) is 20.8. The van der Waals surface area contributed by atoms with Gasteiger partial charge in [-0.15, -0.1) is 0 Å². The van der Waals surface area contributed by atoms with Crippen LogP contribution in [0.2, 0.25) is 0 Å². The van der Waals surface area contributed by atoms with E-state index in [-0.39, 0.29) is 0 Å². The Hall–Kier alpha value is -0.660. The van der Waals surface area contributed by atoms with Gasteiger partial charge < -0.3 is 9.80 Å². The molecule has 0 aliphatic carbocycles. The van der Waals surface area contributed by atoms with E-state index < -0.39 is 0 Å². The highest BCUT2D eigenvalue weighted by Gasteiger charge is 2.24. The smallest absolute Gasteiger partial charge is 0.101 e. The summed E-state index contributed by atoms with van der Waals surface area (Å²) in [5.74, 6) is 0. The summed E-state index contributed by atoms with van der Waals surface area (Å²) in [6.07, 6.45) is 51.4. The van der Waals surface area contributed by atoms with E-state index in [1.54, 1.807) is 0 Å². The average molecular weight is 589 g/mol. The van der Waals surface area contributed by atoms with Crippen molar-refractivity contribution in [3.63, 3.8) is 0 Å². The van der Waals surface area contributed by atoms with Crippen molar-refractivity contribution < 1.29 is 0 Å². The monoisotopic (exact) mass is 589 g/mol. The Bertz CT molecular complexity index is 544. The van der Waals surface area contributed by atoms with Crippen LogP contribution in [0, 0.1) is 0 Å². The van der Waals surface area contributed by atoms with Crippen LogP contribution < -0.4 is 0 Å². The van der Waals surface area contributed by atoms with Crippen LogP contribution in [0.1, 0.15) is 226 Å². The highest BCUT2D eigenvalue weighted by molar-refractivity contribution is 4.97. The quantitative estimate of drug-likeness (QED) is 0.0690. The SMILES string of the molecule is CCCCCCCCCCCCCCCCCCC1N(CCCCCCCCC)C=CN1CCCCCCCCCC. The van der Waals surface area contributed by atoms with Crippen LogP contribution in [0.5, 0.6) is 0 Å². The molecule has 1 aliphatic rings. The number of rotatable bonds is 34. The summed E-state index contributed by atoms with van der Waals surface area (Å²) in [5, 5.41) is 0. The Balaban J connectivity index is 2.16. The lowest BCUT2D eigenvalue weighted by Crippen LogP contribution is -2.39. The lowest BCUT2D eigenvalue weighted by molar-refractivity contribution is 0.135. The standard InChI is InChI=1S/C40H80N2/c1-4-7-10-13-16-18-19-20-21-22-23-24-25-26-29-32-35-40-41(36-33-30-27-15-12-9-6-3)38-39-42(40)37-34-31-28-17-14-11-8-5-2/h38-40H,4-37H2,1-3H3. The van der Waals surface area contributed by atoms with Crippen LogP contribution >= 0.6 is 0 Å². The number of hydrogen-bond donors (Lipinski definition) is 0. The second-order valence-corrected chi connectivity index (χ2v) is 13.9. The molecule has 0 aromatic heterocycles. The molecule has 1 aliphatic heterocycles. The molecule has 250 valence electrons. The molecule has 0 aromatic carbocycles. The number of hydrogen-bond acceptors (Lipinski definition) is 2. The van der Waals surface area contributed by atoms with Crippen LogP contribution in [0.4, 0.5) is 0 Å². The molecule has 1 atom stereocenters. The molecule has 0 N–H and O–H groups in total. The van der Waals surface area contributed by atoms with Gasteiger partial charge in [-0.05, 0) is 25.7 Å². The summed E-state index contributed by atoms with van der Waals surface area (Å²) in [7, 11) is 0. The molecule has 42 heavy (non-hydrogen) atoms. The van der Waals surface area contributed by atoms with Crippen molar-refractivity contribution in [2.75, 3.05) is 13.1 Å². The van der Waals surface area contributed by atoms with E-state index in [1.165, 1.54) is 219 Å². The molecule has 0 aromatic rings. The molecular formula is C40H80N2. The molecule has 1 unspecified atom stereocenters. The molecule has 0 bridgehead atoms. The van der Waals surface area contributed by atoms with Crippen molar-refractivity contribution in [1.29, 1.82) is 0 Å². The first-order valence-corrected chi connectivity index (χ1v) is 20.0. The summed E-state index contributed by atoms with van der Waals surface area (Å²) < 4.78 is 0. The summed E-state index contributed by atoms with van der Waals surface area (Å²) >= 11 is 0. The van der Waals surface area contributed by atoms with Crippen molar-refractivity contribution in [2.24, 2.45) is 0 Å². The van der Waals surface area contributed by atoms with Gasteiger partial charge in [0.2, 0.25) is 0 Å². The van der Waals surface area contributed by atoms with Crippen LogP contribution in [-0.2, 0) is 0 Å². The van der Waals surface area contributed by atoms with Crippen LogP contribution in [0.3, 0.4) is 0 Å². The highest BCUT2D eigenvalue weighted by Crippen LogP contribution is 2.24. The molecule has 0 amide bonds. The molecule has 0 spiro atoms. The third-order valence-corrected chi connectivity index (χ3v) is 9.82. The minimum Gasteiger partial charge on any atom is -0.356 e. The van der Waals surface area contributed by atoms with Crippen LogP contribution in [0.25, 0.3) is 0 Å². The van der Waals surface area contributed by atoms with Crippen molar-refractivity contribution in [3.8, 4) is 0 Å². The second-order valence-electron chi connectivity index (χ2n) is 13.9. The average Bonchev–Trinajstić information content (AvgIpc) is 3.38. The molecule has 0 fully saturated rings. The van der Waals surface area contributed by atoms with Gasteiger partial charge in [0.15, 0.2) is 0 Å². The lowest BCUT2D eigenvalue weighted by atomic mass is 10.0. The minimum atomic E-state index is 0.640. The summed E-state index contributed by atoms with van der Waals surface area (Å²) in [6.45, 7) is 9.48. The van der Waals surface area contributed by atoms with Gasteiger partial charge >= 0.3 is 0 Å². The fourth-order valence-electron chi connectivity index (χ4n) is 6.89. The molecule has 2 nitrogen and oxygen atoms in total. The maximum absolute atomic E-state index is 2.71. The Morgan fingerprint density at radius 3 is 0.833 bits per heavy atom. The molecule has 1 heterocycles. The molecule has 0 saturated heterocycles. The van der Waals surface area contributed by atoms with Crippen molar-refractivity contribution in [2.45, 2.75) is 232 Å². The van der Waals surface area contributed by atoms with Crippen molar-refractivity contribution >= 4 is 0 Å². The van der Waals surface area contributed by atoms with Gasteiger partial charge in [0.25, 0.3) is 0 Å². The van der Waals surface area contributed by atoms with Gasteiger partial charge in [-0.3, -0.25) is 0 Å². The second kappa shape index (κ2) is 31.8. The fourth-order valence-corrected chi connectivity index (χ4v) is 6.89. The summed E-state index contributed by atoms with van der Waals surface area (Å²) in [4.78, 5) is 5.42. The zero-order chi connectivity index (χ0) is 30.2. The van der Waals surface area contributed by atoms with Crippen molar-refractivity contribution in [3.05, 3.63) is 12.4 Å². The highest BCUT2D eigenvalue weighted by atomic mass is 15.4. The largest absolute Gasteiger partial charge is 0.356 e. The van der Waals surface area contributed by atoms with E-state index in [4.69, 9.17) is 0 Å². The van der Waals surface area contributed by atoms with Gasteiger partial charge in [0.05, 0.1) is 0 Å². The first kappa shape index (κ1) is 39.4. The molecule has 0 radical (unpaired) electrons. The van der Waals surface area contributed by atoms with Gasteiger partial charge in [-0.2, -0.15) is 0 Å². The lowest BCUT2D eigenvalue weighted by Gasteiger charge is -2.33. The third kappa shape index (κ3) is 23.8. The van der Waals surface area contributed by atoms with E-state index >= 15 is 0 Å². The zero-order valence-electron chi connectivity index (χ0n) is 29.7. The van der Waals surface area contributed by atoms with E-state index in [9.17, 15) is 0 Å². The maximum atomic E-state index is 2.71. The Morgan fingerprint density at radius 2 is 0.548 bits per heavy atom. The van der Waals surface area contributed by atoms with Gasteiger partial charge in [0.1, 0.15) is 6.17 Å². The molecule has 2 heteroatoms. The van der Waals surface area contributed by atoms with E-state index in [2.05, 4.69) is 43.0 Å². The zero-order valence-corrected chi connectivity index (χ0v) is 29.7. The van der Waals surface area contributed by atoms with Crippen LogP contribution in [0.15, 0.2) is 12.4 Å². The van der Waals surface area contributed by atoms with Gasteiger partial charge in [0, 0.05) is 25.5 Å². The number of nitrogens with zero attached hydrogens (tertiary/aromatic N) is 2. The predicted octanol–water partition coefficient (Wildman–Crippen LogP) is 13.9. The normalized spacial score (nSPS) is 15.0. The Kier molecular flexibility index (Phi) is 29.8. The van der Waals surface area contributed by atoms with Crippen molar-refractivity contribution in [1.82, 2.24) is 9.80 Å². The Morgan fingerprint density at radius 1 is 0.310 bits per heavy atom. The Labute approximate surface area is 267 Å². The fraction of sp³-hybridized carbons (Fsp3) is 0.950. The first-order valence-electron chi connectivity index (χ1n) is 20.0. The summed E-state index contributed by atoms with van der Waals surface area (Å²) in [6, 6.07) is 0. The maximum Gasteiger partial charge on any atom is 0.101 e. The van der Waals surface area contributed by atoms with Gasteiger partial charge in [-0.1, -0.05) is 201 Å². The number of unbranched alkanes of at least 4 members (excludes halogenated alkanes) is 28. The molecular weight excluding hydrogens is 508 g/mol. The van der Waals surface area contributed by atoms with E-state index in [0.29, 0.717) is 6.17 Å². The van der Waals surface area contributed by atoms with E-state index in [0.717, 1.165) is 0 Å². The van der Waals surface area contributed by atoms with Gasteiger partial charge in [-0.25, -0.2) is 0 Å². The predicted molar refractivity (Wildman–Crippen MR) is 191 cm³/mol. The van der Waals surface area contributed by atoms with Crippen LogP contribution in [-0.4, -0.2) is 29.1 Å². The summed E-state index contributed by atoms with van der Waals surface area (Å²) in [5.41, 5.74) is 0. The minimum absolute atomic E-state index is 0.640. The van der Waals surface area contributed by atoms with E-state index in [1.807, 2.05) is 0 Å². The molecule has 0 saturated carbocycles. The topological polar surface area (TPSA) is 6.48 Å². The third-order valence-electron chi connectivity index (χ3n) is 9.82. The molecule has 1 rings (SSSR count).